The summed E-state index contributed by atoms with van der Waals surface area (Å²) in [5.41, 5.74) is 0.793. The first-order valence-corrected chi connectivity index (χ1v) is 11.0. The van der Waals surface area contributed by atoms with Crippen molar-refractivity contribution in [3.05, 3.63) is 35.4 Å². The first-order chi connectivity index (χ1) is 13.7. The second kappa shape index (κ2) is 12.0. The lowest BCUT2D eigenvalue weighted by Gasteiger charge is -2.34. The van der Waals surface area contributed by atoms with Crippen LogP contribution in [0.3, 0.4) is 0 Å². The maximum Gasteiger partial charge on any atom is 0.411 e. The standard InChI is InChI=1S/C23H37NO4.C2H6/c1-16(2)14-19(20(25)27-22(4,5)6)24(21(26)28-23(7,8)9)15-18-12-10-17(3)11-13-18;1-2/h10-13,16,19H,14-15H2,1-9H3;1-2H3/t19-;/m0./s1. The summed E-state index contributed by atoms with van der Waals surface area (Å²) in [4.78, 5) is 27.5. The third-order valence-corrected chi connectivity index (χ3v) is 3.85. The maximum atomic E-state index is 13.0. The molecule has 0 radical (unpaired) electrons. The van der Waals surface area contributed by atoms with Crippen LogP contribution in [-0.4, -0.2) is 34.2 Å². The fourth-order valence-corrected chi connectivity index (χ4v) is 2.68. The van der Waals surface area contributed by atoms with Crippen molar-refractivity contribution in [3.8, 4) is 0 Å². The second-order valence-electron chi connectivity index (χ2n) is 9.77. The molecule has 1 aromatic rings. The molecule has 0 heterocycles. The second-order valence-corrected chi connectivity index (χ2v) is 9.77. The molecular formula is C25H43NO4. The lowest BCUT2D eigenvalue weighted by atomic mass is 10.0. The van der Waals surface area contributed by atoms with Crippen molar-refractivity contribution in [1.29, 1.82) is 0 Å². The molecule has 5 heteroatoms. The normalized spacial score (nSPS) is 12.5. The van der Waals surface area contributed by atoms with Gasteiger partial charge in [0.2, 0.25) is 0 Å². The third-order valence-electron chi connectivity index (χ3n) is 3.85. The van der Waals surface area contributed by atoms with Crippen LogP contribution in [-0.2, 0) is 20.8 Å². The highest BCUT2D eigenvalue weighted by Gasteiger charge is 2.36. The van der Waals surface area contributed by atoms with E-state index >= 15 is 0 Å². The molecule has 172 valence electrons. The summed E-state index contributed by atoms with van der Waals surface area (Å²) in [6, 6.07) is 7.21. The quantitative estimate of drug-likeness (QED) is 0.491. The van der Waals surface area contributed by atoms with Gasteiger partial charge in [-0.05, 0) is 66.4 Å². The number of benzene rings is 1. The average molecular weight is 422 g/mol. The Bertz CT molecular complexity index is 651. The van der Waals surface area contributed by atoms with Crippen LogP contribution in [0.4, 0.5) is 4.79 Å². The number of rotatable bonds is 6. The van der Waals surface area contributed by atoms with Crippen LogP contribution < -0.4 is 0 Å². The van der Waals surface area contributed by atoms with Crippen LogP contribution in [0.25, 0.3) is 0 Å². The van der Waals surface area contributed by atoms with E-state index in [1.54, 1.807) is 0 Å². The number of carbonyl (C=O) groups excluding carboxylic acids is 2. The van der Waals surface area contributed by atoms with Crippen LogP contribution in [0.5, 0.6) is 0 Å². The Labute approximate surface area is 184 Å². The number of nitrogens with zero attached hydrogens (tertiary/aromatic N) is 1. The van der Waals surface area contributed by atoms with E-state index in [4.69, 9.17) is 9.47 Å². The Morgan fingerprint density at radius 1 is 0.900 bits per heavy atom. The van der Waals surface area contributed by atoms with Crippen molar-refractivity contribution < 1.29 is 19.1 Å². The maximum absolute atomic E-state index is 13.0. The molecule has 1 aromatic carbocycles. The van der Waals surface area contributed by atoms with Crippen molar-refractivity contribution in [2.45, 2.75) is 106 Å². The molecule has 0 bridgehead atoms. The molecule has 0 aliphatic heterocycles. The van der Waals surface area contributed by atoms with Gasteiger partial charge in [-0.15, -0.1) is 0 Å². The Morgan fingerprint density at radius 3 is 1.77 bits per heavy atom. The number of hydrogen-bond acceptors (Lipinski definition) is 4. The van der Waals surface area contributed by atoms with Gasteiger partial charge in [0.05, 0.1) is 0 Å². The fraction of sp³-hybridized carbons (Fsp3) is 0.680. The summed E-state index contributed by atoms with van der Waals surface area (Å²) >= 11 is 0. The summed E-state index contributed by atoms with van der Waals surface area (Å²) in [6.07, 6.45) is -0.00963. The smallest absolute Gasteiger partial charge is 0.411 e. The first kappa shape index (κ1) is 28.0. The van der Waals surface area contributed by atoms with Crippen molar-refractivity contribution in [2.24, 2.45) is 5.92 Å². The van der Waals surface area contributed by atoms with Crippen LogP contribution in [0.15, 0.2) is 24.3 Å². The molecule has 0 spiro atoms. The lowest BCUT2D eigenvalue weighted by Crippen LogP contribution is -2.49. The molecule has 0 saturated heterocycles. The number of hydrogen-bond donors (Lipinski definition) is 0. The van der Waals surface area contributed by atoms with Gasteiger partial charge in [-0.1, -0.05) is 57.5 Å². The molecule has 0 aliphatic rings. The molecular weight excluding hydrogens is 378 g/mol. The van der Waals surface area contributed by atoms with Gasteiger partial charge in [0.25, 0.3) is 0 Å². The molecule has 1 amide bonds. The molecule has 0 aliphatic carbocycles. The molecule has 5 nitrogen and oxygen atoms in total. The number of esters is 1. The van der Waals surface area contributed by atoms with Crippen LogP contribution in [0, 0.1) is 12.8 Å². The molecule has 0 fully saturated rings. The van der Waals surface area contributed by atoms with Crippen LogP contribution in [0.2, 0.25) is 0 Å². The third kappa shape index (κ3) is 11.2. The van der Waals surface area contributed by atoms with Gasteiger partial charge in [-0.3, -0.25) is 4.90 Å². The Balaban J connectivity index is 0.00000407. The zero-order valence-electron chi connectivity index (χ0n) is 21.0. The van der Waals surface area contributed by atoms with Gasteiger partial charge in [0.1, 0.15) is 17.2 Å². The summed E-state index contributed by atoms with van der Waals surface area (Å²) < 4.78 is 11.2. The van der Waals surface area contributed by atoms with Crippen molar-refractivity contribution in [2.75, 3.05) is 0 Å². The zero-order chi connectivity index (χ0) is 23.7. The largest absolute Gasteiger partial charge is 0.458 e. The van der Waals surface area contributed by atoms with E-state index < -0.39 is 29.3 Å². The Kier molecular flexibility index (Phi) is 11.2. The molecule has 30 heavy (non-hydrogen) atoms. The highest BCUT2D eigenvalue weighted by molar-refractivity contribution is 5.82. The van der Waals surface area contributed by atoms with Gasteiger partial charge < -0.3 is 9.47 Å². The van der Waals surface area contributed by atoms with E-state index in [1.807, 2.05) is 100 Å². The SMILES string of the molecule is CC.Cc1ccc(CN(C(=O)OC(C)(C)C)[C@@H](CC(C)C)C(=O)OC(C)(C)C)cc1. The van der Waals surface area contributed by atoms with E-state index in [0.717, 1.165) is 11.1 Å². The number of aryl methyl sites for hydroxylation is 1. The summed E-state index contributed by atoms with van der Waals surface area (Å²) in [7, 11) is 0. The molecule has 0 aromatic heterocycles. The van der Waals surface area contributed by atoms with E-state index in [1.165, 1.54) is 4.90 Å². The van der Waals surface area contributed by atoms with E-state index in [0.29, 0.717) is 6.42 Å². The van der Waals surface area contributed by atoms with Crippen LogP contribution >= 0.6 is 0 Å². The van der Waals surface area contributed by atoms with Gasteiger partial charge in [-0.2, -0.15) is 0 Å². The van der Waals surface area contributed by atoms with Crippen molar-refractivity contribution >= 4 is 12.1 Å². The number of ether oxygens (including phenoxy) is 2. The first-order valence-electron chi connectivity index (χ1n) is 11.0. The van der Waals surface area contributed by atoms with Crippen LogP contribution in [0.1, 0.15) is 86.8 Å². The van der Waals surface area contributed by atoms with Gasteiger partial charge in [0.15, 0.2) is 0 Å². The fourth-order valence-electron chi connectivity index (χ4n) is 2.68. The van der Waals surface area contributed by atoms with Gasteiger partial charge >= 0.3 is 12.1 Å². The monoisotopic (exact) mass is 421 g/mol. The number of carbonyl (C=O) groups is 2. The van der Waals surface area contributed by atoms with Crippen molar-refractivity contribution in [3.63, 3.8) is 0 Å². The summed E-state index contributed by atoms with van der Waals surface area (Å²) in [5.74, 6) is -0.195. The minimum Gasteiger partial charge on any atom is -0.458 e. The average Bonchev–Trinajstić information content (AvgIpc) is 2.58. The summed E-state index contributed by atoms with van der Waals surface area (Å²) in [6.45, 7) is 21.3. The molecule has 1 rings (SSSR count). The molecule has 0 saturated carbocycles. The van der Waals surface area contributed by atoms with E-state index in [9.17, 15) is 9.59 Å². The Morgan fingerprint density at radius 2 is 1.37 bits per heavy atom. The number of amides is 1. The highest BCUT2D eigenvalue weighted by atomic mass is 16.6. The predicted octanol–water partition coefficient (Wildman–Crippen LogP) is 6.51. The Hall–Kier alpha value is -2.04. The van der Waals surface area contributed by atoms with Gasteiger partial charge in [0, 0.05) is 6.54 Å². The highest BCUT2D eigenvalue weighted by Crippen LogP contribution is 2.22. The summed E-state index contributed by atoms with van der Waals surface area (Å²) in [5, 5.41) is 0. The zero-order valence-corrected chi connectivity index (χ0v) is 21.0. The molecule has 0 N–H and O–H groups in total. The predicted molar refractivity (Wildman–Crippen MR) is 123 cm³/mol. The lowest BCUT2D eigenvalue weighted by molar-refractivity contribution is -0.162. The topological polar surface area (TPSA) is 55.8 Å². The van der Waals surface area contributed by atoms with Gasteiger partial charge in [-0.25, -0.2) is 9.59 Å². The minimum atomic E-state index is -0.713. The molecule has 1 atom stereocenters. The molecule has 0 unspecified atom stereocenters. The van der Waals surface area contributed by atoms with Crippen molar-refractivity contribution in [1.82, 2.24) is 4.90 Å². The van der Waals surface area contributed by atoms with E-state index in [2.05, 4.69) is 0 Å². The van der Waals surface area contributed by atoms with E-state index in [-0.39, 0.29) is 12.5 Å². The minimum absolute atomic E-state index is 0.209.